The van der Waals surface area contributed by atoms with E-state index in [0.29, 0.717) is 11.9 Å². The second kappa shape index (κ2) is 8.80. The van der Waals surface area contributed by atoms with Crippen molar-refractivity contribution in [2.75, 3.05) is 11.9 Å². The Morgan fingerprint density at radius 2 is 2.12 bits per heavy atom. The van der Waals surface area contributed by atoms with Crippen molar-refractivity contribution in [3.63, 3.8) is 0 Å². The van der Waals surface area contributed by atoms with Gasteiger partial charge in [-0.25, -0.2) is 0 Å². The number of ether oxygens (including phenoxy) is 1. The summed E-state index contributed by atoms with van der Waals surface area (Å²) in [6.45, 7) is 4.47. The topological polar surface area (TPSA) is 59.9 Å². The number of nitrogens with one attached hydrogen (secondary N) is 1. The Balaban J connectivity index is 1.34. The number of amides is 1. The number of oxime groups is 1. The molecule has 1 fully saturated rings. The number of anilines is 1. The molecule has 1 saturated carbocycles. The predicted octanol–water partition coefficient (Wildman–Crippen LogP) is 5.06. The van der Waals surface area contributed by atoms with Crippen LogP contribution in [0, 0.1) is 0 Å². The quantitative estimate of drug-likeness (QED) is 0.298. The Morgan fingerprint density at radius 1 is 1.31 bits per heavy atom. The zero-order valence-electron chi connectivity index (χ0n) is 15.6. The number of nitrogens with zero attached hydrogens (tertiary/aromatic N) is 1. The van der Waals surface area contributed by atoms with Gasteiger partial charge < -0.3 is 14.3 Å². The molecule has 0 unspecified atom stereocenters. The van der Waals surface area contributed by atoms with Crippen LogP contribution in [0.5, 0.6) is 5.75 Å². The second-order valence-corrected chi connectivity index (χ2v) is 8.50. The fourth-order valence-corrected chi connectivity index (χ4v) is 4.09. The third-order valence-corrected chi connectivity index (χ3v) is 5.99. The average molecular weight is 377 g/mol. The number of fused-ring (bicyclic) bond motifs is 1. The van der Waals surface area contributed by atoms with Crippen LogP contribution in [-0.2, 0) is 14.5 Å². The molecule has 0 bridgehead atoms. The van der Waals surface area contributed by atoms with E-state index in [-0.39, 0.29) is 5.91 Å². The van der Waals surface area contributed by atoms with Gasteiger partial charge in [0.25, 0.3) is 0 Å². The maximum Gasteiger partial charge on any atom is 0.234 e. The van der Waals surface area contributed by atoms with Gasteiger partial charge >= 0.3 is 0 Å². The van der Waals surface area contributed by atoms with Crippen molar-refractivity contribution in [3.05, 3.63) is 23.8 Å². The van der Waals surface area contributed by atoms with Crippen molar-refractivity contribution in [1.29, 1.82) is 0 Å². The largest absolute Gasteiger partial charge is 0.494 e. The van der Waals surface area contributed by atoms with E-state index in [1.807, 2.05) is 38.3 Å². The lowest BCUT2D eigenvalue weighted by atomic mass is 9.86. The van der Waals surface area contributed by atoms with Crippen LogP contribution in [0.3, 0.4) is 0 Å². The molecule has 6 heteroatoms. The summed E-state index contributed by atoms with van der Waals surface area (Å²) in [5, 5.41) is 7.53. The summed E-state index contributed by atoms with van der Waals surface area (Å²) < 4.78 is 11.1. The van der Waals surface area contributed by atoms with Gasteiger partial charge in [-0.3, -0.25) is 4.79 Å². The molecule has 1 aromatic carbocycles. The van der Waals surface area contributed by atoms with E-state index in [1.54, 1.807) is 0 Å². The SMILES string of the molecule is CC1(C)C(=O)Nc2ccc(OCCCC=NOSC3CCCCC3)cc21. The first-order valence-electron chi connectivity index (χ1n) is 9.50. The van der Waals surface area contributed by atoms with Crippen molar-refractivity contribution < 1.29 is 13.8 Å². The van der Waals surface area contributed by atoms with Gasteiger partial charge in [0, 0.05) is 17.2 Å². The molecule has 1 N–H and O–H groups in total. The van der Waals surface area contributed by atoms with Crippen LogP contribution in [0.4, 0.5) is 5.69 Å². The van der Waals surface area contributed by atoms with Gasteiger partial charge in [-0.05, 0) is 63.3 Å². The number of hydrogen-bond acceptors (Lipinski definition) is 5. The van der Waals surface area contributed by atoms with Crippen LogP contribution < -0.4 is 10.1 Å². The first-order chi connectivity index (χ1) is 12.6. The lowest BCUT2D eigenvalue weighted by molar-refractivity contribution is -0.119. The molecule has 1 aromatic rings. The molecular formula is C20H28N2O3S. The van der Waals surface area contributed by atoms with E-state index < -0.39 is 5.41 Å². The first-order valence-corrected chi connectivity index (χ1v) is 10.3. The molecule has 0 spiro atoms. The maximum atomic E-state index is 12.0. The van der Waals surface area contributed by atoms with Crippen molar-refractivity contribution in [3.8, 4) is 5.75 Å². The van der Waals surface area contributed by atoms with Crippen LogP contribution in [0.1, 0.15) is 64.4 Å². The smallest absolute Gasteiger partial charge is 0.234 e. The minimum absolute atomic E-state index is 0.0342. The summed E-state index contributed by atoms with van der Waals surface area (Å²) in [6.07, 6.45) is 9.97. The zero-order chi connectivity index (χ0) is 18.4. The van der Waals surface area contributed by atoms with Gasteiger partial charge in [0.2, 0.25) is 5.91 Å². The number of benzene rings is 1. The number of unbranched alkanes of at least 4 members (excludes halogenated alkanes) is 1. The number of carbonyl (C=O) groups excluding carboxylic acids is 1. The Kier molecular flexibility index (Phi) is 6.46. The lowest BCUT2D eigenvalue weighted by Crippen LogP contribution is -2.26. The molecule has 1 amide bonds. The van der Waals surface area contributed by atoms with Gasteiger partial charge in [0.1, 0.15) is 5.75 Å². The van der Waals surface area contributed by atoms with Crippen molar-refractivity contribution in [2.24, 2.45) is 5.16 Å². The van der Waals surface area contributed by atoms with Crippen LogP contribution in [0.15, 0.2) is 23.4 Å². The highest BCUT2D eigenvalue weighted by molar-refractivity contribution is 7.95. The molecule has 142 valence electrons. The third-order valence-electron chi connectivity index (χ3n) is 5.08. The fourth-order valence-electron chi connectivity index (χ4n) is 3.33. The first kappa shape index (κ1) is 19.1. The third kappa shape index (κ3) is 4.72. The van der Waals surface area contributed by atoms with Gasteiger partial charge in [-0.1, -0.05) is 24.4 Å². The predicted molar refractivity (Wildman–Crippen MR) is 107 cm³/mol. The summed E-state index contributed by atoms with van der Waals surface area (Å²) >= 11 is 1.51. The molecule has 1 aliphatic carbocycles. The Labute approximate surface area is 160 Å². The van der Waals surface area contributed by atoms with Crippen LogP contribution in [-0.4, -0.2) is 24.0 Å². The van der Waals surface area contributed by atoms with Gasteiger partial charge in [0.05, 0.1) is 24.1 Å². The standard InChI is InChI=1S/C20H28N2O3S/c1-20(2)17-14-15(10-11-18(17)22-19(20)23)24-13-7-6-12-21-25-26-16-8-4-3-5-9-16/h10-12,14,16H,3-9,13H2,1-2H3,(H,22,23). The van der Waals surface area contributed by atoms with Crippen molar-refractivity contribution >= 4 is 29.9 Å². The number of carbonyl (C=O) groups is 1. The summed E-state index contributed by atoms with van der Waals surface area (Å²) in [5.41, 5.74) is 1.37. The van der Waals surface area contributed by atoms with E-state index in [1.165, 1.54) is 44.1 Å². The molecule has 1 aliphatic heterocycles. The molecule has 26 heavy (non-hydrogen) atoms. The Morgan fingerprint density at radius 3 is 2.92 bits per heavy atom. The Bertz CT molecular complexity index is 654. The van der Waals surface area contributed by atoms with Gasteiger partial charge in [-0.15, -0.1) is 0 Å². The highest BCUT2D eigenvalue weighted by Gasteiger charge is 2.38. The van der Waals surface area contributed by atoms with E-state index in [0.717, 1.165) is 29.8 Å². The van der Waals surface area contributed by atoms with Crippen LogP contribution >= 0.6 is 12.0 Å². The van der Waals surface area contributed by atoms with Crippen LogP contribution in [0.25, 0.3) is 0 Å². The fraction of sp³-hybridized carbons (Fsp3) is 0.600. The highest BCUT2D eigenvalue weighted by atomic mass is 32.2. The summed E-state index contributed by atoms with van der Waals surface area (Å²) in [6, 6.07) is 5.78. The van der Waals surface area contributed by atoms with Gasteiger partial charge in [-0.2, -0.15) is 0 Å². The summed E-state index contributed by atoms with van der Waals surface area (Å²) in [4.78, 5) is 12.0. The molecule has 0 aromatic heterocycles. The highest BCUT2D eigenvalue weighted by Crippen LogP contribution is 2.39. The molecule has 0 radical (unpaired) electrons. The maximum absolute atomic E-state index is 12.0. The van der Waals surface area contributed by atoms with Crippen molar-refractivity contribution in [1.82, 2.24) is 0 Å². The van der Waals surface area contributed by atoms with E-state index in [2.05, 4.69) is 10.5 Å². The molecule has 5 nitrogen and oxygen atoms in total. The summed E-state index contributed by atoms with van der Waals surface area (Å²) in [5.74, 6) is 0.835. The van der Waals surface area contributed by atoms with Crippen molar-refractivity contribution in [2.45, 2.75) is 69.5 Å². The Hall–Kier alpha value is -1.69. The molecule has 2 aliphatic rings. The van der Waals surface area contributed by atoms with E-state index in [4.69, 9.17) is 9.02 Å². The number of hydrogen-bond donors (Lipinski definition) is 1. The normalized spacial score (nSPS) is 19.4. The molecule has 1 heterocycles. The number of rotatable bonds is 8. The zero-order valence-corrected chi connectivity index (χ0v) is 16.4. The van der Waals surface area contributed by atoms with Gasteiger partial charge in [0.15, 0.2) is 0 Å². The lowest BCUT2D eigenvalue weighted by Gasteiger charge is -2.17. The van der Waals surface area contributed by atoms with Crippen LogP contribution in [0.2, 0.25) is 0 Å². The summed E-state index contributed by atoms with van der Waals surface area (Å²) in [7, 11) is 0. The minimum Gasteiger partial charge on any atom is -0.494 e. The second-order valence-electron chi connectivity index (χ2n) is 7.50. The van der Waals surface area contributed by atoms with E-state index >= 15 is 0 Å². The average Bonchev–Trinajstić information content (AvgIpc) is 2.87. The minimum atomic E-state index is -0.505. The van der Waals surface area contributed by atoms with E-state index in [9.17, 15) is 4.79 Å². The molecular weight excluding hydrogens is 348 g/mol. The molecule has 0 atom stereocenters. The molecule has 3 rings (SSSR count). The molecule has 0 saturated heterocycles. The monoisotopic (exact) mass is 376 g/mol.